The molecule has 2 rings (SSSR count). The highest BCUT2D eigenvalue weighted by Crippen LogP contribution is 2.37. The van der Waals surface area contributed by atoms with E-state index in [0.29, 0.717) is 0 Å². The van der Waals surface area contributed by atoms with Gasteiger partial charge in [-0.15, -0.1) is 0 Å². The van der Waals surface area contributed by atoms with E-state index >= 15 is 0 Å². The predicted octanol–water partition coefficient (Wildman–Crippen LogP) is 4.73. The van der Waals surface area contributed by atoms with Crippen molar-refractivity contribution in [3.8, 4) is 0 Å². The zero-order valence-corrected chi connectivity index (χ0v) is 15.2. The third kappa shape index (κ3) is 3.29. The summed E-state index contributed by atoms with van der Waals surface area (Å²) in [6.45, 7) is 0. The Labute approximate surface area is 141 Å². The molecule has 2 nitrogen and oxygen atoms in total. The normalized spacial score (nSPS) is 11.8. The third-order valence-corrected chi connectivity index (χ3v) is 6.18. The number of imidazole rings is 1. The van der Waals surface area contributed by atoms with E-state index in [-0.39, 0.29) is 5.41 Å². The van der Waals surface area contributed by atoms with Crippen LogP contribution in [0.1, 0.15) is 17.8 Å². The molecular formula is C15H17Br2ClN2. The molecule has 0 radical (unpaired) electrons. The number of benzene rings is 1. The van der Waals surface area contributed by atoms with Gasteiger partial charge in [-0.2, -0.15) is 0 Å². The second-order valence-electron chi connectivity index (χ2n) is 4.98. The molecule has 0 saturated heterocycles. The molecule has 0 unspecified atom stereocenters. The maximum absolute atomic E-state index is 6.40. The molecule has 0 amide bonds. The van der Waals surface area contributed by atoms with Crippen molar-refractivity contribution in [1.82, 2.24) is 9.55 Å². The van der Waals surface area contributed by atoms with Crippen LogP contribution < -0.4 is 0 Å². The molecular weight excluding hydrogens is 403 g/mol. The largest absolute Gasteiger partial charge is 0.338 e. The van der Waals surface area contributed by atoms with Crippen LogP contribution in [0.4, 0.5) is 0 Å². The molecule has 2 aromatic rings. The summed E-state index contributed by atoms with van der Waals surface area (Å²) in [5, 5.41) is 2.55. The van der Waals surface area contributed by atoms with E-state index in [1.165, 1.54) is 5.56 Å². The lowest BCUT2D eigenvalue weighted by Crippen LogP contribution is -2.31. The van der Waals surface area contributed by atoms with Gasteiger partial charge in [0.2, 0.25) is 0 Å². The van der Waals surface area contributed by atoms with Gasteiger partial charge >= 0.3 is 0 Å². The first-order chi connectivity index (χ1) is 9.63. The minimum Gasteiger partial charge on any atom is -0.338 e. The topological polar surface area (TPSA) is 17.8 Å². The molecule has 0 atom stereocenters. The van der Waals surface area contributed by atoms with Gasteiger partial charge in [0.05, 0.1) is 0 Å². The molecule has 5 heteroatoms. The van der Waals surface area contributed by atoms with E-state index < -0.39 is 0 Å². The first-order valence-electron chi connectivity index (χ1n) is 6.46. The van der Waals surface area contributed by atoms with Gasteiger partial charge in [0.25, 0.3) is 0 Å². The summed E-state index contributed by atoms with van der Waals surface area (Å²) in [5.74, 6) is 1.10. The van der Waals surface area contributed by atoms with Crippen molar-refractivity contribution < 1.29 is 0 Å². The Kier molecular flexibility index (Phi) is 5.70. The van der Waals surface area contributed by atoms with E-state index in [9.17, 15) is 0 Å². The maximum atomic E-state index is 6.40. The number of rotatable bonds is 6. The van der Waals surface area contributed by atoms with E-state index in [2.05, 4.69) is 47.5 Å². The molecule has 1 aromatic carbocycles. The number of hydrogen-bond acceptors (Lipinski definition) is 1. The first kappa shape index (κ1) is 16.1. The van der Waals surface area contributed by atoms with Crippen molar-refractivity contribution in [2.75, 3.05) is 10.7 Å². The fourth-order valence-electron chi connectivity index (χ4n) is 2.33. The maximum Gasteiger partial charge on any atom is 0.108 e. The summed E-state index contributed by atoms with van der Waals surface area (Å²) in [7, 11) is 2.03. The number of aromatic nitrogens is 2. The van der Waals surface area contributed by atoms with Gasteiger partial charge in [-0.05, 0) is 18.1 Å². The molecule has 0 N–H and O–H groups in total. The smallest absolute Gasteiger partial charge is 0.108 e. The molecule has 0 bridgehead atoms. The average Bonchev–Trinajstić information content (AvgIpc) is 2.87. The molecule has 0 saturated carbocycles. The Morgan fingerprint density at radius 2 is 1.95 bits per heavy atom. The molecule has 108 valence electrons. The Balaban J connectivity index is 2.26. The predicted molar refractivity (Wildman–Crippen MR) is 92.2 cm³/mol. The van der Waals surface area contributed by atoms with E-state index in [1.807, 2.05) is 37.6 Å². The van der Waals surface area contributed by atoms with Gasteiger partial charge in [0.1, 0.15) is 5.82 Å². The number of aryl methyl sites for hydroxylation is 2. The highest BCUT2D eigenvalue weighted by Gasteiger charge is 2.32. The summed E-state index contributed by atoms with van der Waals surface area (Å²) >= 11 is 13.7. The van der Waals surface area contributed by atoms with Crippen LogP contribution in [0.25, 0.3) is 0 Å². The Bertz CT molecular complexity index is 565. The minimum atomic E-state index is -0.0235. The van der Waals surface area contributed by atoms with Crippen molar-refractivity contribution in [3.63, 3.8) is 0 Å². The van der Waals surface area contributed by atoms with E-state index in [0.717, 1.165) is 34.3 Å². The van der Waals surface area contributed by atoms with Gasteiger partial charge in [0.15, 0.2) is 0 Å². The molecule has 0 aliphatic rings. The molecule has 0 spiro atoms. The highest BCUT2D eigenvalue weighted by atomic mass is 79.9. The number of halogens is 3. The fraction of sp³-hybridized carbons (Fsp3) is 0.400. The molecule has 1 aromatic heterocycles. The Hall–Kier alpha value is -0.320. The summed E-state index contributed by atoms with van der Waals surface area (Å²) in [4.78, 5) is 4.40. The van der Waals surface area contributed by atoms with Crippen LogP contribution in [0.3, 0.4) is 0 Å². The quantitative estimate of drug-likeness (QED) is 0.618. The summed E-state index contributed by atoms with van der Waals surface area (Å²) in [6, 6.07) is 8.08. The van der Waals surface area contributed by atoms with Crippen LogP contribution in [0, 0.1) is 0 Å². The van der Waals surface area contributed by atoms with Gasteiger partial charge in [-0.3, -0.25) is 0 Å². The van der Waals surface area contributed by atoms with Crippen molar-refractivity contribution in [1.29, 1.82) is 0 Å². The van der Waals surface area contributed by atoms with Crippen LogP contribution in [-0.4, -0.2) is 20.2 Å². The van der Waals surface area contributed by atoms with Crippen molar-refractivity contribution in [2.24, 2.45) is 7.05 Å². The van der Waals surface area contributed by atoms with Crippen LogP contribution in [-0.2, 0) is 18.9 Å². The second kappa shape index (κ2) is 7.10. The van der Waals surface area contributed by atoms with Crippen LogP contribution >= 0.6 is 43.5 Å². The number of alkyl halides is 2. The van der Waals surface area contributed by atoms with E-state index in [4.69, 9.17) is 11.6 Å². The van der Waals surface area contributed by atoms with Gasteiger partial charge in [0, 0.05) is 47.0 Å². The fourth-order valence-corrected chi connectivity index (χ4v) is 4.76. The van der Waals surface area contributed by atoms with Crippen LogP contribution in [0.15, 0.2) is 36.7 Å². The molecule has 1 heterocycles. The number of nitrogens with zero attached hydrogens (tertiary/aromatic N) is 2. The summed E-state index contributed by atoms with van der Waals surface area (Å²) in [6.07, 6.45) is 5.73. The summed E-state index contributed by atoms with van der Waals surface area (Å²) in [5.41, 5.74) is 1.16. The SMILES string of the molecule is Cn1ccnc1CCC(CBr)(CBr)c1ccccc1Cl. The van der Waals surface area contributed by atoms with Crippen molar-refractivity contribution in [3.05, 3.63) is 53.1 Å². The minimum absolute atomic E-state index is 0.0235. The lowest BCUT2D eigenvalue weighted by atomic mass is 9.80. The van der Waals surface area contributed by atoms with Crippen molar-refractivity contribution in [2.45, 2.75) is 18.3 Å². The Morgan fingerprint density at radius 1 is 1.25 bits per heavy atom. The average molecular weight is 421 g/mol. The summed E-state index contributed by atoms with van der Waals surface area (Å²) < 4.78 is 2.07. The van der Waals surface area contributed by atoms with Gasteiger partial charge in [-0.1, -0.05) is 61.7 Å². The number of hydrogen-bond donors (Lipinski definition) is 0. The lowest BCUT2D eigenvalue weighted by molar-refractivity contribution is 0.493. The van der Waals surface area contributed by atoms with Crippen LogP contribution in [0.5, 0.6) is 0 Å². The van der Waals surface area contributed by atoms with Crippen molar-refractivity contribution >= 4 is 43.5 Å². The third-order valence-electron chi connectivity index (χ3n) is 3.70. The first-order valence-corrected chi connectivity index (χ1v) is 9.08. The molecule has 20 heavy (non-hydrogen) atoms. The van der Waals surface area contributed by atoms with E-state index in [1.54, 1.807) is 0 Å². The van der Waals surface area contributed by atoms with Gasteiger partial charge in [-0.25, -0.2) is 4.98 Å². The second-order valence-corrected chi connectivity index (χ2v) is 6.51. The lowest BCUT2D eigenvalue weighted by Gasteiger charge is -2.31. The standard InChI is InChI=1S/C15H17Br2ClN2/c1-20-9-8-19-14(20)6-7-15(10-16,11-17)12-4-2-3-5-13(12)18/h2-5,8-9H,6-7,10-11H2,1H3. The molecule has 0 fully saturated rings. The highest BCUT2D eigenvalue weighted by molar-refractivity contribution is 9.09. The van der Waals surface area contributed by atoms with Gasteiger partial charge < -0.3 is 4.57 Å². The Morgan fingerprint density at radius 3 is 2.50 bits per heavy atom. The monoisotopic (exact) mass is 418 g/mol. The zero-order chi connectivity index (χ0) is 14.6. The molecule has 0 aliphatic carbocycles. The zero-order valence-electron chi connectivity index (χ0n) is 11.3. The van der Waals surface area contributed by atoms with Crippen LogP contribution in [0.2, 0.25) is 5.02 Å². The molecule has 0 aliphatic heterocycles.